The van der Waals surface area contributed by atoms with Crippen LogP contribution in [0.2, 0.25) is 0 Å². The lowest BCUT2D eigenvalue weighted by Gasteiger charge is -2.40. The van der Waals surface area contributed by atoms with Crippen molar-refractivity contribution < 1.29 is 49.4 Å². The number of nitrogens with one attached hydrogen (secondary N) is 1. The van der Waals surface area contributed by atoms with Gasteiger partial charge in [-0.25, -0.2) is 4.63 Å². The maximum Gasteiger partial charge on any atom is 0.300 e. The number of aryl methyl sites for hydroxylation is 1. The minimum atomic E-state index is -1.62. The van der Waals surface area contributed by atoms with Crippen molar-refractivity contribution in [3.05, 3.63) is 40.0 Å². The first-order valence-corrected chi connectivity index (χ1v) is 18.6. The fraction of sp³-hybridized carbons (Fsp3) is 0.750. The Kier molecular flexibility index (Phi) is 19.5. The Morgan fingerprint density at radius 2 is 1.59 bits per heavy atom. The zero-order valence-electron chi connectivity index (χ0n) is 29.8. The van der Waals surface area contributed by atoms with Crippen LogP contribution in [0.4, 0.5) is 5.69 Å². The molecule has 0 saturated carbocycles. The number of amides is 1. The van der Waals surface area contributed by atoms with Gasteiger partial charge in [-0.1, -0.05) is 89.7 Å². The molecule has 1 fully saturated rings. The molecule has 1 amide bonds. The smallest absolute Gasteiger partial charge is 0.300 e. The quantitative estimate of drug-likeness (QED) is 0.0347. The first-order valence-electron chi connectivity index (χ1n) is 18.6. The van der Waals surface area contributed by atoms with Gasteiger partial charge in [-0.05, 0) is 54.0 Å². The summed E-state index contributed by atoms with van der Waals surface area (Å²) in [4.78, 5) is 23.6. The van der Waals surface area contributed by atoms with E-state index in [0.717, 1.165) is 24.8 Å². The van der Waals surface area contributed by atoms with Gasteiger partial charge in [0.2, 0.25) is 11.4 Å². The number of aliphatic hydroxyl groups excluding tert-OH is 5. The molecule has 1 aliphatic heterocycles. The van der Waals surface area contributed by atoms with Crippen molar-refractivity contribution in [1.82, 2.24) is 15.6 Å². The minimum absolute atomic E-state index is 0.0975. The van der Waals surface area contributed by atoms with Crippen molar-refractivity contribution in [2.75, 3.05) is 13.2 Å². The van der Waals surface area contributed by atoms with E-state index in [1.807, 2.05) is 6.08 Å². The molecule has 6 N–H and O–H groups in total. The van der Waals surface area contributed by atoms with Crippen LogP contribution < -0.4 is 5.32 Å². The number of nitrogens with zero attached hydrogens (tertiary/aromatic N) is 3. The summed E-state index contributed by atoms with van der Waals surface area (Å²) in [7, 11) is 0. The zero-order valence-corrected chi connectivity index (χ0v) is 29.8. The summed E-state index contributed by atoms with van der Waals surface area (Å²) in [6.45, 7) is 1.34. The van der Waals surface area contributed by atoms with E-state index >= 15 is 0 Å². The molecule has 1 aromatic heterocycles. The highest BCUT2D eigenvalue weighted by molar-refractivity contribution is 5.85. The Bertz CT molecular complexity index is 1320. The molecular weight excluding hydrogens is 664 g/mol. The molecule has 1 aromatic carbocycles. The number of hydrogen-bond donors (Lipinski definition) is 6. The molecular formula is C36H58N4O11. The lowest BCUT2D eigenvalue weighted by atomic mass is 9.99. The van der Waals surface area contributed by atoms with Gasteiger partial charge in [0, 0.05) is 12.5 Å². The molecule has 1 aliphatic rings. The molecule has 7 atom stereocenters. The number of nitro groups is 1. The second kappa shape index (κ2) is 23.5. The number of allylic oxidation sites excluding steroid dienone is 1. The van der Waals surface area contributed by atoms with Crippen molar-refractivity contribution >= 4 is 22.6 Å². The largest absolute Gasteiger partial charge is 0.394 e. The summed E-state index contributed by atoms with van der Waals surface area (Å²) < 4.78 is 15.8. The zero-order chi connectivity index (χ0) is 37.0. The fourth-order valence-electron chi connectivity index (χ4n) is 6.24. The van der Waals surface area contributed by atoms with Crippen LogP contribution in [0.3, 0.4) is 0 Å². The summed E-state index contributed by atoms with van der Waals surface area (Å²) >= 11 is 0. The maximum atomic E-state index is 12.9. The van der Waals surface area contributed by atoms with Crippen molar-refractivity contribution in [1.29, 1.82) is 0 Å². The highest BCUT2D eigenvalue weighted by Crippen LogP contribution is 2.27. The number of carbonyl (C=O) groups is 1. The number of ether oxygens (including phenoxy) is 2. The van der Waals surface area contributed by atoms with Gasteiger partial charge < -0.3 is 40.3 Å². The van der Waals surface area contributed by atoms with E-state index in [2.05, 4.69) is 22.6 Å². The Morgan fingerprint density at radius 1 is 0.941 bits per heavy atom. The van der Waals surface area contributed by atoms with Gasteiger partial charge in [0.25, 0.3) is 0 Å². The molecule has 0 unspecified atom stereocenters. The molecule has 2 aromatic rings. The molecule has 15 heteroatoms. The van der Waals surface area contributed by atoms with Crippen LogP contribution in [-0.2, 0) is 20.7 Å². The lowest BCUT2D eigenvalue weighted by Crippen LogP contribution is -2.60. The first-order chi connectivity index (χ1) is 24.7. The van der Waals surface area contributed by atoms with E-state index in [1.54, 1.807) is 12.1 Å². The van der Waals surface area contributed by atoms with Crippen LogP contribution in [0.25, 0.3) is 11.0 Å². The van der Waals surface area contributed by atoms with Gasteiger partial charge in [0.05, 0.1) is 30.3 Å². The third-order valence-corrected chi connectivity index (χ3v) is 9.38. The van der Waals surface area contributed by atoms with Gasteiger partial charge >= 0.3 is 5.69 Å². The second-order valence-corrected chi connectivity index (χ2v) is 13.5. The number of non-ortho nitro benzene ring substituents is 1. The van der Waals surface area contributed by atoms with Crippen LogP contribution in [0, 0.1) is 10.1 Å². The van der Waals surface area contributed by atoms with Gasteiger partial charge in [-0.2, -0.15) is 0 Å². The third-order valence-electron chi connectivity index (χ3n) is 9.38. The number of hydrogen-bond acceptors (Lipinski definition) is 13. The predicted molar refractivity (Wildman–Crippen MR) is 189 cm³/mol. The van der Waals surface area contributed by atoms with E-state index < -0.39 is 54.4 Å². The summed E-state index contributed by atoms with van der Waals surface area (Å²) in [5, 5.41) is 72.6. The van der Waals surface area contributed by atoms with Crippen LogP contribution in [0.5, 0.6) is 0 Å². The Morgan fingerprint density at radius 3 is 2.25 bits per heavy atom. The molecule has 15 nitrogen and oxygen atoms in total. The van der Waals surface area contributed by atoms with Gasteiger partial charge in [0.1, 0.15) is 29.9 Å². The lowest BCUT2D eigenvalue weighted by molar-refractivity contribution is -0.383. The van der Waals surface area contributed by atoms with Crippen LogP contribution >= 0.6 is 0 Å². The first kappa shape index (κ1) is 42.4. The highest BCUT2D eigenvalue weighted by atomic mass is 16.7. The summed E-state index contributed by atoms with van der Waals surface area (Å²) in [5.41, 5.74) is 1.02. The molecule has 0 bridgehead atoms. The van der Waals surface area contributed by atoms with Crippen LogP contribution in [0.15, 0.2) is 28.9 Å². The second-order valence-electron chi connectivity index (χ2n) is 13.5. The Hall–Kier alpha value is -3.05. The van der Waals surface area contributed by atoms with E-state index in [-0.39, 0.29) is 30.1 Å². The molecule has 0 radical (unpaired) electrons. The average Bonchev–Trinajstić information content (AvgIpc) is 3.62. The normalized spacial score (nSPS) is 22.0. The SMILES string of the molecule is CCCCCCCCCCCCC/C=C/[C@@H](O)[C@H](CO[C@@H]1O[C@H](CO)[C@@H](O)[C@H](O)[C@H]1O)NC(=O)CCCCCc1ccc([N+](=O)[O-])c2nonc12. The standard InChI is InChI=1S/C36H58N4O11/c1-2-3-4-5-6-7-8-9-10-11-12-13-16-19-28(42)26(24-49-36-35(46)34(45)33(44)29(23-41)50-36)37-30(43)20-17-14-15-18-25-21-22-27(40(47)48)32-31(25)38-51-39-32/h16,19,21-22,26,28-29,33-36,41-42,44-46H,2-15,17-18,20,23-24H2,1H3,(H,37,43)/b19-16+/t26-,28+,29+,33+,34-,35+,36+/m0/s1. The summed E-state index contributed by atoms with van der Waals surface area (Å²) in [6, 6.07) is 2.09. The molecule has 288 valence electrons. The van der Waals surface area contributed by atoms with Crippen molar-refractivity contribution in [3.8, 4) is 0 Å². The Labute approximate surface area is 299 Å². The summed E-state index contributed by atoms with van der Waals surface area (Å²) in [6.07, 6.45) is 12.0. The summed E-state index contributed by atoms with van der Waals surface area (Å²) in [5.74, 6) is -0.325. The van der Waals surface area contributed by atoms with Gasteiger partial charge in [-0.3, -0.25) is 14.9 Å². The number of carbonyl (C=O) groups excluding carboxylic acids is 1. The number of aliphatic hydroxyl groups is 5. The number of nitro benzene ring substituents is 1. The van der Waals surface area contributed by atoms with Crippen molar-refractivity contribution in [2.45, 2.75) is 159 Å². The maximum absolute atomic E-state index is 12.9. The van der Waals surface area contributed by atoms with Gasteiger partial charge in [-0.15, -0.1) is 0 Å². The molecule has 2 heterocycles. The van der Waals surface area contributed by atoms with Crippen LogP contribution in [-0.4, -0.2) is 103 Å². The number of benzene rings is 1. The van der Waals surface area contributed by atoms with E-state index in [4.69, 9.17) is 14.1 Å². The monoisotopic (exact) mass is 722 g/mol. The number of unbranched alkanes of at least 4 members (excludes halogenated alkanes) is 13. The van der Waals surface area contributed by atoms with Crippen molar-refractivity contribution in [2.24, 2.45) is 0 Å². The highest BCUT2D eigenvalue weighted by Gasteiger charge is 2.44. The minimum Gasteiger partial charge on any atom is -0.394 e. The number of aromatic nitrogens is 2. The molecule has 0 aliphatic carbocycles. The van der Waals surface area contributed by atoms with E-state index in [1.165, 1.54) is 63.9 Å². The topological polar surface area (TPSA) is 231 Å². The fourth-order valence-corrected chi connectivity index (χ4v) is 6.24. The third kappa shape index (κ3) is 14.1. The molecule has 1 saturated heterocycles. The Balaban J connectivity index is 1.45. The number of rotatable bonds is 26. The molecule has 51 heavy (non-hydrogen) atoms. The van der Waals surface area contributed by atoms with E-state index in [9.17, 15) is 40.4 Å². The van der Waals surface area contributed by atoms with Crippen LogP contribution in [0.1, 0.15) is 115 Å². The van der Waals surface area contributed by atoms with Gasteiger partial charge in [0.15, 0.2) is 6.29 Å². The van der Waals surface area contributed by atoms with E-state index in [0.29, 0.717) is 31.2 Å². The average molecular weight is 723 g/mol. The van der Waals surface area contributed by atoms with Crippen molar-refractivity contribution in [3.63, 3.8) is 0 Å². The number of fused-ring (bicyclic) bond motifs is 1. The molecule has 0 spiro atoms. The predicted octanol–water partition coefficient (Wildman–Crippen LogP) is 4.15. The molecule has 3 rings (SSSR count).